The van der Waals surface area contributed by atoms with E-state index in [0.29, 0.717) is 14.7 Å². The van der Waals surface area contributed by atoms with Crippen LogP contribution in [0.3, 0.4) is 0 Å². The van der Waals surface area contributed by atoms with Gasteiger partial charge >= 0.3 is 5.97 Å². The summed E-state index contributed by atoms with van der Waals surface area (Å²) in [4.78, 5) is 54.9. The summed E-state index contributed by atoms with van der Waals surface area (Å²) >= 11 is 2.01. The van der Waals surface area contributed by atoms with Crippen molar-refractivity contribution in [3.05, 3.63) is 32.9 Å². The molecule has 0 bridgehead atoms. The molecule has 0 radical (unpaired) electrons. The number of esters is 1. The molecule has 3 amide bonds. The van der Waals surface area contributed by atoms with E-state index in [1.54, 1.807) is 37.2 Å². The third-order valence-corrected chi connectivity index (χ3v) is 6.63. The normalized spacial score (nSPS) is 19.8. The van der Waals surface area contributed by atoms with Crippen LogP contribution in [0.1, 0.15) is 47.4 Å². The SMILES string of the molecule is CC(C)[C@@H](C(=O)OCCN1C(=N)C(N2C(=O)c3cccc(I)c3C2=O)CCC1=O)N(C)C. The number of amides is 3. The molecule has 1 saturated heterocycles. The fraction of sp³-hybridized carbons (Fsp3) is 0.500. The predicted octanol–water partition coefficient (Wildman–Crippen LogP) is 1.98. The number of nitrogens with zero attached hydrogens (tertiary/aromatic N) is 3. The molecule has 1 fully saturated rings. The van der Waals surface area contributed by atoms with E-state index in [1.165, 1.54) is 4.90 Å². The maximum Gasteiger partial charge on any atom is 0.323 e. The number of imide groups is 1. The lowest BCUT2D eigenvalue weighted by molar-refractivity contribution is -0.151. The minimum Gasteiger partial charge on any atom is -0.463 e. The van der Waals surface area contributed by atoms with Gasteiger partial charge in [-0.3, -0.25) is 39.3 Å². The number of piperidine rings is 1. The molecule has 1 unspecified atom stereocenters. The number of fused-ring (bicyclic) bond motifs is 1. The number of rotatable bonds is 7. The van der Waals surface area contributed by atoms with Crippen LogP contribution in [0.5, 0.6) is 0 Å². The standard InChI is InChI=1S/C22H27IN4O5/c1-12(2)18(25(3)4)22(31)32-11-10-26-16(28)9-8-15(19(26)24)27-20(29)13-6-5-7-14(23)17(13)21(27)30/h5-7,12,15,18,24H,8-11H2,1-4H3/t15?,18-/m0/s1. The molecule has 0 spiro atoms. The number of carbonyl (C=O) groups is 4. The zero-order valence-electron chi connectivity index (χ0n) is 18.6. The highest BCUT2D eigenvalue weighted by atomic mass is 127. The van der Waals surface area contributed by atoms with E-state index in [4.69, 9.17) is 10.1 Å². The zero-order chi connectivity index (χ0) is 23.7. The summed E-state index contributed by atoms with van der Waals surface area (Å²) in [6.45, 7) is 3.77. The number of carbonyl (C=O) groups excluding carboxylic acids is 4. The number of halogens is 1. The second kappa shape index (κ2) is 9.65. The summed E-state index contributed by atoms with van der Waals surface area (Å²) in [6.07, 6.45) is 0.295. The van der Waals surface area contributed by atoms with Gasteiger partial charge in [0.05, 0.1) is 23.7 Å². The Morgan fingerprint density at radius 3 is 2.53 bits per heavy atom. The first kappa shape index (κ1) is 24.3. The van der Waals surface area contributed by atoms with Crippen molar-refractivity contribution in [1.82, 2.24) is 14.7 Å². The third-order valence-electron chi connectivity index (χ3n) is 5.73. The molecule has 0 saturated carbocycles. The second-order valence-corrected chi connectivity index (χ2v) is 9.61. The highest BCUT2D eigenvalue weighted by Crippen LogP contribution is 2.31. The van der Waals surface area contributed by atoms with Gasteiger partial charge in [-0.2, -0.15) is 0 Å². The van der Waals surface area contributed by atoms with Crippen molar-refractivity contribution in [2.75, 3.05) is 27.2 Å². The van der Waals surface area contributed by atoms with Gasteiger partial charge in [-0.1, -0.05) is 19.9 Å². The lowest BCUT2D eigenvalue weighted by Gasteiger charge is -2.36. The van der Waals surface area contributed by atoms with Gasteiger partial charge in [0.2, 0.25) is 5.91 Å². The number of amidine groups is 1. The van der Waals surface area contributed by atoms with Gasteiger partial charge in [0, 0.05) is 9.99 Å². The lowest BCUT2D eigenvalue weighted by atomic mass is 10.0. The Morgan fingerprint density at radius 1 is 1.25 bits per heavy atom. The first-order valence-electron chi connectivity index (χ1n) is 10.4. The number of hydrogen-bond acceptors (Lipinski definition) is 7. The van der Waals surface area contributed by atoms with Gasteiger partial charge in [-0.25, -0.2) is 0 Å². The monoisotopic (exact) mass is 554 g/mol. The average Bonchev–Trinajstić information content (AvgIpc) is 2.96. The van der Waals surface area contributed by atoms with Crippen molar-refractivity contribution >= 4 is 52.1 Å². The smallest absolute Gasteiger partial charge is 0.323 e. The molecule has 9 nitrogen and oxygen atoms in total. The number of likely N-dealkylation sites (N-methyl/N-ethyl adjacent to an activating group) is 1. The molecular formula is C22H27IN4O5. The molecule has 1 N–H and O–H groups in total. The average molecular weight is 554 g/mol. The molecule has 0 aromatic heterocycles. The van der Waals surface area contributed by atoms with Crippen LogP contribution in [0.15, 0.2) is 18.2 Å². The van der Waals surface area contributed by atoms with Gasteiger partial charge in [0.1, 0.15) is 18.5 Å². The highest BCUT2D eigenvalue weighted by Gasteiger charge is 2.46. The maximum atomic E-state index is 13.0. The van der Waals surface area contributed by atoms with Gasteiger partial charge in [0.15, 0.2) is 0 Å². The largest absolute Gasteiger partial charge is 0.463 e. The Morgan fingerprint density at radius 2 is 1.94 bits per heavy atom. The molecule has 2 aliphatic rings. The summed E-state index contributed by atoms with van der Waals surface area (Å²) < 4.78 is 6.05. The molecule has 3 rings (SSSR count). The minimum atomic E-state index is -0.836. The third kappa shape index (κ3) is 4.42. The van der Waals surface area contributed by atoms with E-state index in [9.17, 15) is 19.2 Å². The zero-order valence-corrected chi connectivity index (χ0v) is 20.7. The molecule has 172 valence electrons. The van der Waals surface area contributed by atoms with Crippen molar-refractivity contribution in [2.45, 2.75) is 38.8 Å². The van der Waals surface area contributed by atoms with E-state index in [0.717, 1.165) is 4.90 Å². The van der Waals surface area contributed by atoms with Crippen molar-refractivity contribution in [3.63, 3.8) is 0 Å². The fourth-order valence-corrected chi connectivity index (χ4v) is 5.02. The predicted molar refractivity (Wildman–Crippen MR) is 125 cm³/mol. The first-order chi connectivity index (χ1) is 15.1. The van der Waals surface area contributed by atoms with Crippen LogP contribution in [0.25, 0.3) is 0 Å². The van der Waals surface area contributed by atoms with Crippen molar-refractivity contribution in [2.24, 2.45) is 5.92 Å². The van der Waals surface area contributed by atoms with Gasteiger partial charge in [-0.15, -0.1) is 0 Å². The molecule has 0 aliphatic carbocycles. The Labute approximate surface area is 200 Å². The van der Waals surface area contributed by atoms with Crippen LogP contribution < -0.4 is 0 Å². The van der Waals surface area contributed by atoms with Crippen LogP contribution in [0, 0.1) is 14.9 Å². The van der Waals surface area contributed by atoms with Crippen molar-refractivity contribution < 1.29 is 23.9 Å². The molecule has 32 heavy (non-hydrogen) atoms. The topological polar surface area (TPSA) is 111 Å². The second-order valence-electron chi connectivity index (χ2n) is 8.45. The van der Waals surface area contributed by atoms with E-state index in [1.807, 2.05) is 36.4 Å². The Hall–Kier alpha value is -2.34. The Kier molecular flexibility index (Phi) is 7.33. The number of nitrogens with one attached hydrogen (secondary N) is 1. The van der Waals surface area contributed by atoms with Crippen LogP contribution in [-0.4, -0.2) is 83.6 Å². The molecule has 10 heteroatoms. The number of hydrogen-bond donors (Lipinski definition) is 1. The van der Waals surface area contributed by atoms with Crippen molar-refractivity contribution in [3.8, 4) is 0 Å². The number of ether oxygens (including phenoxy) is 1. The highest BCUT2D eigenvalue weighted by molar-refractivity contribution is 14.1. The molecule has 1 aromatic carbocycles. The van der Waals surface area contributed by atoms with Crippen LogP contribution in [0.2, 0.25) is 0 Å². The van der Waals surface area contributed by atoms with Gasteiger partial charge in [-0.05, 0) is 61.2 Å². The number of benzene rings is 1. The Balaban J connectivity index is 1.70. The molecule has 2 aliphatic heterocycles. The fourth-order valence-electron chi connectivity index (χ4n) is 4.29. The van der Waals surface area contributed by atoms with Crippen LogP contribution in [0.4, 0.5) is 0 Å². The van der Waals surface area contributed by atoms with E-state index in [-0.39, 0.29) is 43.7 Å². The van der Waals surface area contributed by atoms with Crippen molar-refractivity contribution in [1.29, 1.82) is 5.41 Å². The summed E-state index contributed by atoms with van der Waals surface area (Å²) in [6, 6.07) is 3.81. The maximum absolute atomic E-state index is 13.0. The van der Waals surface area contributed by atoms with Crippen LogP contribution in [-0.2, 0) is 14.3 Å². The lowest BCUT2D eigenvalue weighted by Crippen LogP contribution is -2.56. The Bertz CT molecular complexity index is 969. The summed E-state index contributed by atoms with van der Waals surface area (Å²) in [5, 5.41) is 8.55. The molecule has 2 atom stereocenters. The van der Waals surface area contributed by atoms with E-state index >= 15 is 0 Å². The summed E-state index contributed by atoms with van der Waals surface area (Å²) in [7, 11) is 3.59. The minimum absolute atomic E-state index is 0.00114. The number of likely N-dealkylation sites (tertiary alicyclic amines) is 1. The molecular weight excluding hydrogens is 527 g/mol. The van der Waals surface area contributed by atoms with Crippen LogP contribution >= 0.6 is 22.6 Å². The van der Waals surface area contributed by atoms with E-state index < -0.39 is 29.9 Å². The van der Waals surface area contributed by atoms with Gasteiger partial charge < -0.3 is 4.74 Å². The summed E-state index contributed by atoms with van der Waals surface area (Å²) in [5.74, 6) is -1.67. The first-order valence-corrected chi connectivity index (χ1v) is 11.5. The van der Waals surface area contributed by atoms with Gasteiger partial charge in [0.25, 0.3) is 11.8 Å². The quantitative estimate of drug-likeness (QED) is 0.314. The molecule has 2 heterocycles. The molecule has 1 aromatic rings. The summed E-state index contributed by atoms with van der Waals surface area (Å²) in [5.41, 5.74) is 0.655. The van der Waals surface area contributed by atoms with E-state index in [2.05, 4.69) is 0 Å².